The van der Waals surface area contributed by atoms with Crippen LogP contribution in [0.15, 0.2) is 345 Å². The SMILES string of the molecule is CC(C)(C)CC1=[N+]=c2c(-c3ccc(N(c4ccccc4)c4ccccc4)cc3)c3nnn(CCCC[n+]4nc5c(-c6ccc(N(c7ccccc7)c7ccccc7)cc6)c6nn(CC(C)(C)C)nc6c(-c6ccc(N(c7ccccc7)c7ccccc7)cc6)c5[n-]4)c3c(-c3ccc(N(c4ccccc4)c4ccccc4)cc3)c2=N1. The van der Waals surface area contributed by atoms with E-state index in [0.717, 1.165) is 162 Å². The molecule has 18 rings (SSSR count). The zero-order valence-electron chi connectivity index (χ0n) is 64.8. The third kappa shape index (κ3) is 14.5. The summed E-state index contributed by atoms with van der Waals surface area (Å²) in [7, 11) is 0. The van der Waals surface area contributed by atoms with Crippen LogP contribution in [0.1, 0.15) is 60.8 Å². The van der Waals surface area contributed by atoms with E-state index in [0.29, 0.717) is 38.9 Å². The summed E-state index contributed by atoms with van der Waals surface area (Å²) < 4.78 is 7.64. The zero-order valence-corrected chi connectivity index (χ0v) is 64.8. The molecule has 0 aliphatic carbocycles. The predicted molar refractivity (Wildman–Crippen MR) is 464 cm³/mol. The number of rotatable bonds is 23. The zero-order chi connectivity index (χ0) is 77.3. The lowest BCUT2D eigenvalue weighted by Crippen LogP contribution is -2.40. The van der Waals surface area contributed by atoms with Gasteiger partial charge < -0.3 is 19.6 Å². The molecule has 0 bridgehead atoms. The topological polar surface area (TPSA) is 132 Å². The molecule has 14 aromatic carbocycles. The number of hydrogen-bond acceptors (Lipinski definition) is 10. The maximum Gasteiger partial charge on any atom is 0.392 e. The van der Waals surface area contributed by atoms with E-state index < -0.39 is 0 Å². The summed E-state index contributed by atoms with van der Waals surface area (Å²) in [6.07, 6.45) is 2.08. The van der Waals surface area contributed by atoms with Gasteiger partial charge in [0.1, 0.15) is 22.1 Å². The van der Waals surface area contributed by atoms with Gasteiger partial charge in [0.15, 0.2) is 6.54 Å². The lowest BCUT2D eigenvalue weighted by molar-refractivity contribution is -0.804. The lowest BCUT2D eigenvalue weighted by atomic mass is 9.92. The van der Waals surface area contributed by atoms with Gasteiger partial charge >= 0.3 is 5.84 Å². The second-order valence-corrected chi connectivity index (χ2v) is 31.5. The van der Waals surface area contributed by atoms with Crippen LogP contribution in [0.4, 0.5) is 68.2 Å². The Bertz CT molecular complexity index is 6080. The Kier molecular flexibility index (Phi) is 19.2. The first-order valence-electron chi connectivity index (χ1n) is 39.2. The number of para-hydroxylation sites is 8. The summed E-state index contributed by atoms with van der Waals surface area (Å²) in [6, 6.07) is 119. The van der Waals surface area contributed by atoms with Crippen molar-refractivity contribution in [3.63, 3.8) is 0 Å². The molecule has 3 aromatic heterocycles. The van der Waals surface area contributed by atoms with Crippen LogP contribution in [-0.4, -0.2) is 40.9 Å². The van der Waals surface area contributed by atoms with E-state index in [1.54, 1.807) is 0 Å². The minimum atomic E-state index is -0.133. The largest absolute Gasteiger partial charge is 0.392 e. The average Bonchev–Trinajstić information content (AvgIpc) is 1.43. The number of amidine groups is 1. The second-order valence-electron chi connectivity index (χ2n) is 31.5. The van der Waals surface area contributed by atoms with E-state index in [-0.39, 0.29) is 10.8 Å². The molecule has 0 spiro atoms. The fourth-order valence-corrected chi connectivity index (χ4v) is 15.7. The minimum absolute atomic E-state index is 0.102. The first-order chi connectivity index (χ1) is 55.8. The summed E-state index contributed by atoms with van der Waals surface area (Å²) in [5.41, 5.74) is 24.3. The molecule has 0 atom stereocenters. The van der Waals surface area contributed by atoms with Crippen LogP contribution in [0, 0.1) is 10.8 Å². The molecule has 15 heteroatoms. The Morgan fingerprint density at radius 2 is 0.684 bits per heavy atom. The number of unbranched alkanes of at least 4 members (excludes halogenated alkanes) is 1. The summed E-state index contributed by atoms with van der Waals surface area (Å²) in [5.74, 6) is 0.781. The molecule has 556 valence electrons. The van der Waals surface area contributed by atoms with Gasteiger partial charge in [-0.2, -0.15) is 34.7 Å². The van der Waals surface area contributed by atoms with Crippen molar-refractivity contribution >= 4 is 107 Å². The quantitative estimate of drug-likeness (QED) is 0.0346. The molecule has 0 N–H and O–H groups in total. The van der Waals surface area contributed by atoms with Crippen molar-refractivity contribution in [2.24, 2.45) is 15.8 Å². The minimum Gasteiger partial charge on any atom is -0.311 e. The van der Waals surface area contributed by atoms with Gasteiger partial charge in [0, 0.05) is 103 Å². The summed E-state index contributed by atoms with van der Waals surface area (Å²) in [4.78, 5) is 18.5. The summed E-state index contributed by atoms with van der Waals surface area (Å²) in [6.45, 7) is 15.0. The van der Waals surface area contributed by atoms with Crippen molar-refractivity contribution in [3.05, 3.63) is 350 Å². The van der Waals surface area contributed by atoms with Gasteiger partial charge in [-0.3, -0.25) is 0 Å². The predicted octanol–water partition coefficient (Wildman–Crippen LogP) is 22.2. The Labute approximate surface area is 663 Å². The van der Waals surface area contributed by atoms with E-state index in [1.165, 1.54) is 0 Å². The fourth-order valence-electron chi connectivity index (χ4n) is 15.7. The normalized spacial score (nSPS) is 12.0. The Morgan fingerprint density at radius 1 is 0.351 bits per heavy atom. The molecular weight excluding hydrogens is 1400 g/mol. The highest BCUT2D eigenvalue weighted by Gasteiger charge is 2.34. The molecule has 4 heterocycles. The fraction of sp³-hybridized carbons (Fsp3) is 0.141. The molecule has 1 aliphatic heterocycles. The highest BCUT2D eigenvalue weighted by Crippen LogP contribution is 2.46. The van der Waals surface area contributed by atoms with E-state index in [1.807, 2.05) is 9.59 Å². The van der Waals surface area contributed by atoms with Gasteiger partial charge in [0.2, 0.25) is 0 Å². The number of fused-ring (bicyclic) bond motifs is 4. The molecule has 0 saturated carbocycles. The van der Waals surface area contributed by atoms with E-state index in [2.05, 4.69) is 406 Å². The first kappa shape index (κ1) is 71.5. The molecule has 0 saturated heterocycles. The van der Waals surface area contributed by atoms with Gasteiger partial charge in [-0.15, -0.1) is 5.10 Å². The molecule has 15 nitrogen and oxygen atoms in total. The number of benzene rings is 14. The van der Waals surface area contributed by atoms with Crippen LogP contribution >= 0.6 is 0 Å². The van der Waals surface area contributed by atoms with Gasteiger partial charge in [-0.05, 0) is 190 Å². The Hall–Kier alpha value is -14.1. The van der Waals surface area contributed by atoms with Crippen LogP contribution in [-0.2, 0) is 19.6 Å². The van der Waals surface area contributed by atoms with E-state index in [9.17, 15) is 0 Å². The average molecular weight is 1490 g/mol. The van der Waals surface area contributed by atoms with Crippen LogP contribution in [0.2, 0.25) is 0 Å². The Morgan fingerprint density at radius 3 is 1.04 bits per heavy atom. The van der Waals surface area contributed by atoms with Crippen molar-refractivity contribution < 1.29 is 4.80 Å². The van der Waals surface area contributed by atoms with Crippen molar-refractivity contribution in [1.29, 1.82) is 0 Å². The molecule has 17 aromatic rings. The number of anilines is 12. The third-order valence-electron chi connectivity index (χ3n) is 20.7. The molecule has 0 unspecified atom stereocenters. The number of aryl methyl sites for hydroxylation is 2. The van der Waals surface area contributed by atoms with E-state index >= 15 is 0 Å². The second kappa shape index (κ2) is 30.6. The highest BCUT2D eigenvalue weighted by atomic mass is 15.5. The maximum atomic E-state index is 5.60. The molecular formula is C99H86N15+. The molecule has 114 heavy (non-hydrogen) atoms. The van der Waals surface area contributed by atoms with Crippen molar-refractivity contribution in [1.82, 2.24) is 44.9 Å². The molecule has 0 amide bonds. The van der Waals surface area contributed by atoms with Gasteiger partial charge in [0.05, 0.1) is 24.1 Å². The van der Waals surface area contributed by atoms with Crippen LogP contribution in [0.5, 0.6) is 0 Å². The molecule has 0 radical (unpaired) electrons. The number of aromatic nitrogens is 9. The highest BCUT2D eigenvalue weighted by molar-refractivity contribution is 6.16. The monoisotopic (exact) mass is 1480 g/mol. The molecule has 1 aliphatic rings. The van der Waals surface area contributed by atoms with Crippen molar-refractivity contribution in [2.75, 3.05) is 19.6 Å². The summed E-state index contributed by atoms with van der Waals surface area (Å²) >= 11 is 0. The summed E-state index contributed by atoms with van der Waals surface area (Å²) in [5, 5.41) is 34.1. The lowest BCUT2D eigenvalue weighted by Gasteiger charge is -2.25. The smallest absolute Gasteiger partial charge is 0.311 e. The van der Waals surface area contributed by atoms with Crippen LogP contribution in [0.25, 0.3) is 77.6 Å². The number of hydrogen-bond donors (Lipinski definition) is 0. The number of nitrogens with zero attached hydrogens (tertiary/aromatic N) is 15. The standard InChI is InChI=1S/C99H86N15/c1-98(2,3)67-85-100-90-86(69-49-57-81(58-50-69)111(73-33-15-7-16-34-73)74-35-17-8-18-36-74)96-97(89(91(90)101-85)72-55-63-84(64-56-72)114(79-45-27-13-28-46-79)80-47-29-14-30-48-80)108(107-102-96)65-31-32-66-109-103-92-87(70-51-59-82(60-52-70)112(75-37-19-9-20-38-75)76-39-21-10-22-40-76)94-95(106-110(105-94)68-99(4,5)6)88(93(92)104-109)71-53-61-83(62-54-71)113(77-41-23-11-24-42-77)78-43-25-12-26-44-78/h7-30,33-64H,31-32,65-68H2,1-6H3/q+1. The van der Waals surface area contributed by atoms with Crippen molar-refractivity contribution in [3.8, 4) is 44.5 Å². The Balaban J connectivity index is 0.761. The van der Waals surface area contributed by atoms with Gasteiger partial charge in [0.25, 0.3) is 10.7 Å². The maximum absolute atomic E-state index is 5.60. The third-order valence-corrected chi connectivity index (χ3v) is 20.7. The van der Waals surface area contributed by atoms with Crippen LogP contribution < -0.4 is 44.9 Å². The van der Waals surface area contributed by atoms with Crippen LogP contribution in [0.3, 0.4) is 0 Å². The molecule has 0 fully saturated rings. The van der Waals surface area contributed by atoms with E-state index in [4.69, 9.17) is 40.4 Å². The van der Waals surface area contributed by atoms with Gasteiger partial charge in [-0.1, -0.05) is 241 Å². The van der Waals surface area contributed by atoms with Gasteiger partial charge in [-0.25, -0.2) is 4.68 Å². The first-order valence-corrected chi connectivity index (χ1v) is 39.2. The van der Waals surface area contributed by atoms with Crippen molar-refractivity contribution in [2.45, 2.75) is 80.4 Å².